The van der Waals surface area contributed by atoms with Gasteiger partial charge in [-0.05, 0) is 44.6 Å². The number of hydrogen-bond acceptors (Lipinski definition) is 5. The summed E-state index contributed by atoms with van der Waals surface area (Å²) in [5.74, 6) is 1.44. The monoisotopic (exact) mass is 552 g/mol. The summed E-state index contributed by atoms with van der Waals surface area (Å²) in [6, 6.07) is 42.1. The smallest absolute Gasteiger partial charge is 0.160 e. The van der Waals surface area contributed by atoms with Crippen molar-refractivity contribution in [3.8, 4) is 0 Å². The van der Waals surface area contributed by atoms with E-state index in [0.29, 0.717) is 5.84 Å². The summed E-state index contributed by atoms with van der Waals surface area (Å²) in [5, 5.41) is 12.8. The number of benzene rings is 6. The summed E-state index contributed by atoms with van der Waals surface area (Å²) in [4.78, 5) is 14.9. The Labute approximate surface area is 246 Å². The highest BCUT2D eigenvalue weighted by Gasteiger charge is 2.25. The lowest BCUT2D eigenvalue weighted by Crippen LogP contribution is -2.33. The van der Waals surface area contributed by atoms with Crippen molar-refractivity contribution in [3.63, 3.8) is 0 Å². The van der Waals surface area contributed by atoms with E-state index in [1.165, 1.54) is 21.5 Å². The molecular weight excluding hydrogens is 528 g/mol. The Balaban J connectivity index is 1.32. The maximum atomic E-state index is 6.19. The highest BCUT2D eigenvalue weighted by atomic mass is 16.3. The van der Waals surface area contributed by atoms with Crippen LogP contribution in [0.4, 0.5) is 0 Å². The van der Waals surface area contributed by atoms with Gasteiger partial charge < -0.3 is 9.73 Å². The SMILES string of the molecule is c1ccc(C2N=C(c3cccc4ccc5c6ccccc6ccc5c34)N=C(c3cccc4oc5ccncc5c34)N2)cc1. The molecule has 0 fully saturated rings. The van der Waals surface area contributed by atoms with E-state index >= 15 is 0 Å². The fraction of sp³-hybridized carbons (Fsp3) is 0.0263. The van der Waals surface area contributed by atoms with Crippen molar-refractivity contribution >= 4 is 65.9 Å². The van der Waals surface area contributed by atoms with Crippen molar-refractivity contribution in [3.05, 3.63) is 150 Å². The van der Waals surface area contributed by atoms with Crippen LogP contribution in [-0.4, -0.2) is 16.7 Å². The molecule has 3 heterocycles. The van der Waals surface area contributed by atoms with Crippen molar-refractivity contribution in [1.82, 2.24) is 10.3 Å². The molecule has 0 amide bonds. The van der Waals surface area contributed by atoms with Gasteiger partial charge in [-0.3, -0.25) is 4.98 Å². The molecule has 2 aromatic heterocycles. The molecule has 9 rings (SSSR count). The molecule has 1 aliphatic heterocycles. The van der Waals surface area contributed by atoms with Crippen molar-refractivity contribution < 1.29 is 4.42 Å². The molecule has 5 nitrogen and oxygen atoms in total. The van der Waals surface area contributed by atoms with Crippen molar-refractivity contribution in [1.29, 1.82) is 0 Å². The van der Waals surface area contributed by atoms with Crippen LogP contribution < -0.4 is 5.32 Å². The second-order valence-electron chi connectivity index (χ2n) is 10.9. The Morgan fingerprint density at radius 1 is 0.558 bits per heavy atom. The van der Waals surface area contributed by atoms with Crippen molar-refractivity contribution in [2.75, 3.05) is 0 Å². The Kier molecular flexibility index (Phi) is 5.19. The van der Waals surface area contributed by atoms with E-state index in [9.17, 15) is 0 Å². The molecule has 202 valence electrons. The number of hydrogen-bond donors (Lipinski definition) is 1. The zero-order chi connectivity index (χ0) is 28.3. The van der Waals surface area contributed by atoms with E-state index in [0.717, 1.165) is 55.2 Å². The normalized spacial score (nSPS) is 15.2. The summed E-state index contributed by atoms with van der Waals surface area (Å²) in [7, 11) is 0. The van der Waals surface area contributed by atoms with Gasteiger partial charge in [-0.2, -0.15) is 0 Å². The van der Waals surface area contributed by atoms with Crippen LogP contribution in [0.15, 0.2) is 148 Å². The molecule has 0 saturated heterocycles. The number of rotatable bonds is 3. The summed E-state index contributed by atoms with van der Waals surface area (Å²) in [5.41, 5.74) is 4.62. The summed E-state index contributed by atoms with van der Waals surface area (Å²) >= 11 is 0. The zero-order valence-corrected chi connectivity index (χ0v) is 23.0. The molecule has 5 heteroatoms. The molecule has 0 bridgehead atoms. The first-order valence-electron chi connectivity index (χ1n) is 14.4. The molecule has 0 aliphatic carbocycles. The predicted molar refractivity (Wildman–Crippen MR) is 176 cm³/mol. The zero-order valence-electron chi connectivity index (χ0n) is 23.0. The van der Waals surface area contributed by atoms with E-state index in [1.54, 1.807) is 6.20 Å². The van der Waals surface area contributed by atoms with Gasteiger partial charge in [-0.15, -0.1) is 0 Å². The number of aromatic nitrogens is 1. The molecule has 1 aliphatic rings. The van der Waals surface area contributed by atoms with Crippen LogP contribution >= 0.6 is 0 Å². The molecular formula is C38H24N4O. The van der Waals surface area contributed by atoms with Gasteiger partial charge in [0.05, 0.1) is 0 Å². The highest BCUT2D eigenvalue weighted by Crippen LogP contribution is 2.36. The van der Waals surface area contributed by atoms with Crippen LogP contribution in [0, 0.1) is 0 Å². The number of pyridine rings is 1. The molecule has 1 atom stereocenters. The van der Waals surface area contributed by atoms with E-state index in [2.05, 4.69) is 95.2 Å². The first-order valence-corrected chi connectivity index (χ1v) is 14.4. The van der Waals surface area contributed by atoms with Gasteiger partial charge in [0.25, 0.3) is 0 Å². The fourth-order valence-corrected chi connectivity index (χ4v) is 6.44. The molecule has 0 spiro atoms. The Bertz CT molecular complexity index is 2440. The van der Waals surface area contributed by atoms with Crippen molar-refractivity contribution in [2.24, 2.45) is 9.98 Å². The second kappa shape index (κ2) is 9.36. The molecule has 0 radical (unpaired) electrons. The van der Waals surface area contributed by atoms with E-state index in [-0.39, 0.29) is 6.17 Å². The molecule has 43 heavy (non-hydrogen) atoms. The van der Waals surface area contributed by atoms with Crippen LogP contribution in [-0.2, 0) is 0 Å². The third kappa shape index (κ3) is 3.75. The topological polar surface area (TPSA) is 62.8 Å². The largest absolute Gasteiger partial charge is 0.456 e. The van der Waals surface area contributed by atoms with Crippen LogP contribution in [0.25, 0.3) is 54.3 Å². The van der Waals surface area contributed by atoms with E-state index in [1.807, 2.05) is 42.6 Å². The maximum absolute atomic E-state index is 6.19. The van der Waals surface area contributed by atoms with Gasteiger partial charge in [0.1, 0.15) is 23.2 Å². The lowest BCUT2D eigenvalue weighted by Gasteiger charge is -2.24. The quantitative estimate of drug-likeness (QED) is 0.223. The van der Waals surface area contributed by atoms with Crippen LogP contribution in [0.5, 0.6) is 0 Å². The summed E-state index contributed by atoms with van der Waals surface area (Å²) < 4.78 is 6.19. The molecule has 1 N–H and O–H groups in total. The van der Waals surface area contributed by atoms with Gasteiger partial charge in [0.2, 0.25) is 0 Å². The number of fused-ring (bicyclic) bond motifs is 8. The van der Waals surface area contributed by atoms with Gasteiger partial charge in [0, 0.05) is 39.7 Å². The third-order valence-electron chi connectivity index (χ3n) is 8.42. The average molecular weight is 553 g/mol. The highest BCUT2D eigenvalue weighted by molar-refractivity contribution is 6.27. The molecule has 8 aromatic rings. The number of amidine groups is 2. The molecule has 1 unspecified atom stereocenters. The minimum Gasteiger partial charge on any atom is -0.456 e. The van der Waals surface area contributed by atoms with E-state index in [4.69, 9.17) is 14.4 Å². The Morgan fingerprint density at radius 3 is 2.30 bits per heavy atom. The predicted octanol–water partition coefficient (Wildman–Crippen LogP) is 8.94. The van der Waals surface area contributed by atoms with Gasteiger partial charge in [-0.1, -0.05) is 109 Å². The Morgan fingerprint density at radius 2 is 1.35 bits per heavy atom. The van der Waals surface area contributed by atoms with Gasteiger partial charge in [0.15, 0.2) is 5.84 Å². The van der Waals surface area contributed by atoms with Gasteiger partial charge >= 0.3 is 0 Å². The number of nitrogens with zero attached hydrogens (tertiary/aromatic N) is 3. The fourth-order valence-electron chi connectivity index (χ4n) is 6.44. The van der Waals surface area contributed by atoms with Crippen molar-refractivity contribution in [2.45, 2.75) is 6.17 Å². The molecule has 6 aromatic carbocycles. The standard InChI is InChI=1S/C38H24N4O/c1-2-9-25(10-3-1)36-40-37(42-38(41-36)30-14-7-15-33-35(30)31-22-39-21-20-32(31)43-33)29-13-6-11-24-17-18-27-26-12-5-4-8-23(26)16-19-28(27)34(24)29/h1-22,36H,(H,40,41,42). The van der Waals surface area contributed by atoms with Crippen LogP contribution in [0.1, 0.15) is 22.9 Å². The average Bonchev–Trinajstić information content (AvgIpc) is 3.47. The minimum absolute atomic E-state index is 0.318. The second-order valence-corrected chi connectivity index (χ2v) is 10.9. The first-order chi connectivity index (χ1) is 21.3. The Hall–Kier alpha value is -5.81. The van der Waals surface area contributed by atoms with Crippen LogP contribution in [0.3, 0.4) is 0 Å². The first kappa shape index (κ1) is 23.9. The maximum Gasteiger partial charge on any atom is 0.160 e. The van der Waals surface area contributed by atoms with Gasteiger partial charge in [-0.25, -0.2) is 9.98 Å². The molecule has 0 saturated carbocycles. The minimum atomic E-state index is -0.318. The summed E-state index contributed by atoms with van der Waals surface area (Å²) in [6.07, 6.45) is 3.30. The lowest BCUT2D eigenvalue weighted by atomic mass is 9.94. The number of aliphatic imine (C=N–C) groups is 2. The third-order valence-corrected chi connectivity index (χ3v) is 8.42. The lowest BCUT2D eigenvalue weighted by molar-refractivity contribution is 0.667. The van der Waals surface area contributed by atoms with E-state index < -0.39 is 0 Å². The number of nitrogens with one attached hydrogen (secondary N) is 1. The summed E-state index contributed by atoms with van der Waals surface area (Å²) in [6.45, 7) is 0. The number of furan rings is 1. The van der Waals surface area contributed by atoms with Crippen LogP contribution in [0.2, 0.25) is 0 Å².